The minimum atomic E-state index is -3.95. The molecule has 0 saturated heterocycles. The third-order valence-electron chi connectivity index (χ3n) is 2.04. The summed E-state index contributed by atoms with van der Waals surface area (Å²) in [5.74, 6) is -0.427. The largest absolute Gasteiger partial charge is 0.395 e. The third kappa shape index (κ3) is 3.51. The molecule has 1 rings (SSSR count). The number of benzene rings is 1. The normalized spacial score (nSPS) is 11.8. The zero-order valence-corrected chi connectivity index (χ0v) is 13.3. The molecule has 0 spiro atoms. The van der Waals surface area contributed by atoms with E-state index in [2.05, 4.69) is 20.7 Å². The van der Waals surface area contributed by atoms with Crippen LogP contribution in [0.3, 0.4) is 0 Å². The van der Waals surface area contributed by atoms with Crippen molar-refractivity contribution in [1.82, 2.24) is 4.72 Å². The van der Waals surface area contributed by atoms with Gasteiger partial charge < -0.3 is 5.73 Å². The SMILES string of the molecule is CSCCNS(=O)(=O)c1cc(Cl)c(Br)c(N)c1F. The monoisotopic (exact) mass is 376 g/mol. The van der Waals surface area contributed by atoms with E-state index in [0.717, 1.165) is 6.07 Å². The highest BCUT2D eigenvalue weighted by molar-refractivity contribution is 9.10. The van der Waals surface area contributed by atoms with Crippen LogP contribution in [0.4, 0.5) is 10.1 Å². The Morgan fingerprint density at radius 3 is 2.78 bits per heavy atom. The van der Waals surface area contributed by atoms with E-state index in [0.29, 0.717) is 5.75 Å². The Morgan fingerprint density at radius 1 is 1.61 bits per heavy atom. The van der Waals surface area contributed by atoms with Crippen molar-refractivity contribution in [2.75, 3.05) is 24.3 Å². The zero-order valence-electron chi connectivity index (χ0n) is 9.34. The average molecular weight is 378 g/mol. The van der Waals surface area contributed by atoms with Crippen LogP contribution in [0.1, 0.15) is 0 Å². The summed E-state index contributed by atoms with van der Waals surface area (Å²) in [6.07, 6.45) is 1.84. The van der Waals surface area contributed by atoms with Gasteiger partial charge in [-0.25, -0.2) is 17.5 Å². The van der Waals surface area contributed by atoms with Crippen molar-refractivity contribution in [3.8, 4) is 0 Å². The molecule has 0 bridgehead atoms. The van der Waals surface area contributed by atoms with Gasteiger partial charge in [0.05, 0.1) is 15.2 Å². The summed E-state index contributed by atoms with van der Waals surface area (Å²) in [7, 11) is -3.95. The van der Waals surface area contributed by atoms with Crippen molar-refractivity contribution in [3.05, 3.63) is 21.4 Å². The van der Waals surface area contributed by atoms with Gasteiger partial charge in [0, 0.05) is 12.3 Å². The molecule has 18 heavy (non-hydrogen) atoms. The van der Waals surface area contributed by atoms with Crippen molar-refractivity contribution in [2.45, 2.75) is 4.90 Å². The molecule has 0 fully saturated rings. The van der Waals surface area contributed by atoms with Gasteiger partial charge >= 0.3 is 0 Å². The molecule has 1 aromatic rings. The number of hydrogen-bond donors (Lipinski definition) is 2. The van der Waals surface area contributed by atoms with Crippen molar-refractivity contribution < 1.29 is 12.8 Å². The second-order valence-electron chi connectivity index (χ2n) is 3.29. The number of thioether (sulfide) groups is 1. The van der Waals surface area contributed by atoms with E-state index in [4.69, 9.17) is 17.3 Å². The van der Waals surface area contributed by atoms with E-state index < -0.39 is 20.7 Å². The highest BCUT2D eigenvalue weighted by Crippen LogP contribution is 2.34. The number of anilines is 1. The van der Waals surface area contributed by atoms with Gasteiger partial charge in [0.1, 0.15) is 4.90 Å². The molecule has 0 aliphatic rings. The summed E-state index contributed by atoms with van der Waals surface area (Å²) in [4.78, 5) is -0.547. The molecule has 0 atom stereocenters. The van der Waals surface area contributed by atoms with Crippen LogP contribution in [0, 0.1) is 5.82 Å². The summed E-state index contributed by atoms with van der Waals surface area (Å²) in [5.41, 5.74) is 5.11. The van der Waals surface area contributed by atoms with Gasteiger partial charge in [-0.15, -0.1) is 0 Å². The standard InChI is InChI=1S/C9H11BrClFN2O2S2/c1-17-3-2-14-18(15,16)6-4-5(11)7(10)9(13)8(6)12/h4,14H,2-3,13H2,1H3. The van der Waals surface area contributed by atoms with Gasteiger partial charge in [-0.1, -0.05) is 11.6 Å². The van der Waals surface area contributed by atoms with E-state index in [9.17, 15) is 12.8 Å². The van der Waals surface area contributed by atoms with Crippen molar-refractivity contribution in [2.24, 2.45) is 0 Å². The predicted octanol–water partition coefficient (Wildman–Crippen LogP) is 2.47. The summed E-state index contributed by atoms with van der Waals surface area (Å²) in [5, 5.41) is 0.0409. The summed E-state index contributed by atoms with van der Waals surface area (Å²) in [6, 6.07) is 1.03. The molecule has 0 amide bonds. The average Bonchev–Trinajstić information content (AvgIpc) is 2.31. The van der Waals surface area contributed by atoms with Crippen LogP contribution in [0.5, 0.6) is 0 Å². The number of nitrogens with two attached hydrogens (primary N) is 1. The van der Waals surface area contributed by atoms with Crippen LogP contribution < -0.4 is 10.5 Å². The molecule has 9 heteroatoms. The van der Waals surface area contributed by atoms with Gasteiger partial charge in [-0.3, -0.25) is 0 Å². The number of halogens is 3. The van der Waals surface area contributed by atoms with Gasteiger partial charge in [-0.2, -0.15) is 11.8 Å². The summed E-state index contributed by atoms with van der Waals surface area (Å²) < 4.78 is 39.9. The Labute approximate surface area is 123 Å². The lowest BCUT2D eigenvalue weighted by atomic mass is 10.3. The third-order valence-corrected chi connectivity index (χ3v) is 5.50. The first kappa shape index (κ1) is 16.0. The lowest BCUT2D eigenvalue weighted by Gasteiger charge is -2.10. The van der Waals surface area contributed by atoms with Crippen LogP contribution in [0.15, 0.2) is 15.4 Å². The fourth-order valence-corrected chi connectivity index (χ4v) is 3.30. The van der Waals surface area contributed by atoms with Crippen LogP contribution in [0.2, 0.25) is 5.02 Å². The first-order valence-electron chi connectivity index (χ1n) is 4.73. The van der Waals surface area contributed by atoms with Gasteiger partial charge in [0.25, 0.3) is 0 Å². The molecule has 4 nitrogen and oxygen atoms in total. The first-order chi connectivity index (χ1) is 8.31. The fourth-order valence-electron chi connectivity index (χ4n) is 1.15. The molecule has 0 unspecified atom stereocenters. The lowest BCUT2D eigenvalue weighted by molar-refractivity contribution is 0.560. The molecule has 1 aromatic carbocycles. The maximum Gasteiger partial charge on any atom is 0.243 e. The second-order valence-corrected chi connectivity index (χ2v) is 7.21. The van der Waals surface area contributed by atoms with Crippen LogP contribution in [-0.2, 0) is 10.0 Å². The van der Waals surface area contributed by atoms with Gasteiger partial charge in [0.2, 0.25) is 10.0 Å². The highest BCUT2D eigenvalue weighted by atomic mass is 79.9. The molecular formula is C9H11BrClFN2O2S2. The molecule has 0 radical (unpaired) electrons. The van der Waals surface area contributed by atoms with Crippen molar-refractivity contribution in [3.63, 3.8) is 0 Å². The molecule has 0 heterocycles. The minimum Gasteiger partial charge on any atom is -0.395 e. The van der Waals surface area contributed by atoms with E-state index >= 15 is 0 Å². The number of nitrogens with one attached hydrogen (secondary N) is 1. The molecule has 3 N–H and O–H groups in total. The highest BCUT2D eigenvalue weighted by Gasteiger charge is 2.23. The quantitative estimate of drug-likeness (QED) is 0.470. The topological polar surface area (TPSA) is 72.2 Å². The number of nitrogen functional groups attached to an aromatic ring is 1. The minimum absolute atomic E-state index is 0.0409. The number of rotatable bonds is 5. The van der Waals surface area contributed by atoms with E-state index in [1.165, 1.54) is 11.8 Å². The van der Waals surface area contributed by atoms with Crippen molar-refractivity contribution in [1.29, 1.82) is 0 Å². The Balaban J connectivity index is 3.17. The van der Waals surface area contributed by atoms with Crippen LogP contribution >= 0.6 is 39.3 Å². The number of sulfonamides is 1. The Kier molecular flexibility index (Phi) is 5.72. The lowest BCUT2D eigenvalue weighted by Crippen LogP contribution is -2.27. The first-order valence-corrected chi connectivity index (χ1v) is 8.77. The molecule has 0 aliphatic heterocycles. The van der Waals surface area contributed by atoms with Gasteiger partial charge in [0.15, 0.2) is 5.82 Å². The predicted molar refractivity (Wildman–Crippen MR) is 77.1 cm³/mol. The molecule has 0 aromatic heterocycles. The van der Waals surface area contributed by atoms with E-state index in [-0.39, 0.29) is 21.7 Å². The molecule has 102 valence electrons. The zero-order chi connectivity index (χ0) is 13.9. The van der Waals surface area contributed by atoms with Crippen LogP contribution in [0.25, 0.3) is 0 Å². The molecule has 0 saturated carbocycles. The summed E-state index contributed by atoms with van der Waals surface area (Å²) >= 11 is 10.2. The maximum absolute atomic E-state index is 13.8. The van der Waals surface area contributed by atoms with Crippen molar-refractivity contribution >= 4 is 55.0 Å². The van der Waals surface area contributed by atoms with E-state index in [1.807, 2.05) is 6.26 Å². The summed E-state index contributed by atoms with van der Waals surface area (Å²) in [6.45, 7) is 0.205. The fraction of sp³-hybridized carbons (Fsp3) is 0.333. The maximum atomic E-state index is 13.8. The Bertz CT molecular complexity index is 554. The molecular weight excluding hydrogens is 367 g/mol. The van der Waals surface area contributed by atoms with E-state index in [1.54, 1.807) is 0 Å². The smallest absolute Gasteiger partial charge is 0.243 e. The van der Waals surface area contributed by atoms with Crippen LogP contribution in [-0.4, -0.2) is 27.0 Å². The Hall–Kier alpha value is -0.0200. The second kappa shape index (κ2) is 6.42. The number of hydrogen-bond acceptors (Lipinski definition) is 4. The Morgan fingerprint density at radius 2 is 2.22 bits per heavy atom. The van der Waals surface area contributed by atoms with Gasteiger partial charge in [-0.05, 0) is 28.3 Å². The molecule has 0 aliphatic carbocycles.